The summed E-state index contributed by atoms with van der Waals surface area (Å²) < 4.78 is 44.9. The second-order valence-corrected chi connectivity index (χ2v) is 7.51. The first-order valence-corrected chi connectivity index (χ1v) is 8.70. The average molecular weight is 360 g/mol. The maximum atomic E-state index is 14.4. The van der Waals surface area contributed by atoms with Gasteiger partial charge in [-0.2, -0.15) is 0 Å². The van der Waals surface area contributed by atoms with Crippen molar-refractivity contribution in [2.75, 3.05) is 6.61 Å². The Hall–Kier alpha value is -1.92. The Morgan fingerprint density at radius 3 is 2.27 bits per heavy atom. The molecular formula is C20H23BF2O3. The molecule has 0 N–H and O–H groups in total. The van der Waals surface area contributed by atoms with Crippen LogP contribution >= 0.6 is 0 Å². The van der Waals surface area contributed by atoms with Crippen LogP contribution < -0.4 is 10.2 Å². The van der Waals surface area contributed by atoms with Gasteiger partial charge in [0.15, 0.2) is 11.6 Å². The highest BCUT2D eigenvalue weighted by Gasteiger charge is 2.51. The first-order valence-electron chi connectivity index (χ1n) is 8.70. The summed E-state index contributed by atoms with van der Waals surface area (Å²) in [7, 11) is -0.615. The van der Waals surface area contributed by atoms with Gasteiger partial charge in [0.05, 0.1) is 17.8 Å². The molecule has 26 heavy (non-hydrogen) atoms. The van der Waals surface area contributed by atoms with Crippen LogP contribution in [0, 0.1) is 11.6 Å². The topological polar surface area (TPSA) is 27.7 Å². The Kier molecular flexibility index (Phi) is 5.08. The normalized spacial score (nSPS) is 18.2. The third-order valence-corrected chi connectivity index (χ3v) is 5.02. The SMILES string of the molecule is CC1(C)OB(c2ccc(OCCc3cccc(F)c3)c(F)c2)OC1(C)C. The molecule has 2 aromatic rings. The van der Waals surface area contributed by atoms with Crippen molar-refractivity contribution in [1.82, 2.24) is 0 Å². The molecule has 3 rings (SSSR count). The zero-order valence-corrected chi connectivity index (χ0v) is 15.5. The first-order chi connectivity index (χ1) is 12.2. The van der Waals surface area contributed by atoms with E-state index in [-0.39, 0.29) is 18.2 Å². The van der Waals surface area contributed by atoms with Gasteiger partial charge in [-0.15, -0.1) is 0 Å². The molecule has 0 amide bonds. The molecule has 3 nitrogen and oxygen atoms in total. The van der Waals surface area contributed by atoms with Gasteiger partial charge in [0.1, 0.15) is 5.82 Å². The highest BCUT2D eigenvalue weighted by molar-refractivity contribution is 6.62. The average Bonchev–Trinajstić information content (AvgIpc) is 2.77. The van der Waals surface area contributed by atoms with E-state index < -0.39 is 24.1 Å². The molecular weight excluding hydrogens is 337 g/mol. The van der Waals surface area contributed by atoms with E-state index in [1.165, 1.54) is 18.2 Å². The fourth-order valence-electron chi connectivity index (χ4n) is 2.73. The molecule has 138 valence electrons. The van der Waals surface area contributed by atoms with Crippen molar-refractivity contribution < 1.29 is 22.8 Å². The van der Waals surface area contributed by atoms with Crippen molar-refractivity contribution in [3.05, 3.63) is 59.7 Å². The maximum absolute atomic E-state index is 14.4. The van der Waals surface area contributed by atoms with Gasteiger partial charge >= 0.3 is 7.12 Å². The van der Waals surface area contributed by atoms with Gasteiger partial charge < -0.3 is 14.0 Å². The van der Waals surface area contributed by atoms with E-state index in [0.717, 1.165) is 5.56 Å². The summed E-state index contributed by atoms with van der Waals surface area (Å²) in [5, 5.41) is 0. The summed E-state index contributed by atoms with van der Waals surface area (Å²) in [4.78, 5) is 0. The molecule has 1 aliphatic heterocycles. The van der Waals surface area contributed by atoms with E-state index in [1.807, 2.05) is 33.8 Å². The van der Waals surface area contributed by atoms with Crippen molar-refractivity contribution in [1.29, 1.82) is 0 Å². The number of hydrogen-bond acceptors (Lipinski definition) is 3. The van der Waals surface area contributed by atoms with Crippen LogP contribution in [0.1, 0.15) is 33.3 Å². The van der Waals surface area contributed by atoms with E-state index >= 15 is 0 Å². The Labute approximate surface area is 153 Å². The van der Waals surface area contributed by atoms with Gasteiger partial charge in [-0.1, -0.05) is 18.2 Å². The molecule has 1 fully saturated rings. The number of rotatable bonds is 5. The zero-order chi connectivity index (χ0) is 18.9. The molecule has 1 aliphatic rings. The van der Waals surface area contributed by atoms with Crippen LogP contribution in [0.3, 0.4) is 0 Å². The predicted octanol–water partition coefficient (Wildman–Crippen LogP) is 3.89. The molecule has 0 aliphatic carbocycles. The second-order valence-electron chi connectivity index (χ2n) is 7.51. The minimum atomic E-state index is -0.615. The van der Waals surface area contributed by atoms with Gasteiger partial charge in [-0.3, -0.25) is 0 Å². The quantitative estimate of drug-likeness (QED) is 0.758. The van der Waals surface area contributed by atoms with Crippen LogP contribution in [0.4, 0.5) is 8.78 Å². The summed E-state index contributed by atoms with van der Waals surface area (Å²) in [5.41, 5.74) is 0.459. The third kappa shape index (κ3) is 3.91. The van der Waals surface area contributed by atoms with Crippen molar-refractivity contribution in [2.45, 2.75) is 45.3 Å². The lowest BCUT2D eigenvalue weighted by Crippen LogP contribution is -2.41. The molecule has 0 atom stereocenters. The van der Waals surface area contributed by atoms with Gasteiger partial charge in [0, 0.05) is 6.42 Å². The first kappa shape index (κ1) is 18.9. The zero-order valence-electron chi connectivity index (χ0n) is 15.5. The molecule has 1 saturated heterocycles. The lowest BCUT2D eigenvalue weighted by molar-refractivity contribution is 0.00578. The van der Waals surface area contributed by atoms with Crippen molar-refractivity contribution in [3.63, 3.8) is 0 Å². The molecule has 2 aromatic carbocycles. The lowest BCUT2D eigenvalue weighted by Gasteiger charge is -2.32. The molecule has 0 bridgehead atoms. The second kappa shape index (κ2) is 7.01. The summed E-state index contributed by atoms with van der Waals surface area (Å²) >= 11 is 0. The minimum Gasteiger partial charge on any atom is -0.490 e. The molecule has 0 radical (unpaired) electrons. The van der Waals surface area contributed by atoms with Crippen molar-refractivity contribution in [3.8, 4) is 5.75 Å². The van der Waals surface area contributed by atoms with Crippen LogP contribution in [0.15, 0.2) is 42.5 Å². The number of hydrogen-bond donors (Lipinski definition) is 0. The Morgan fingerprint density at radius 2 is 1.65 bits per heavy atom. The predicted molar refractivity (Wildman–Crippen MR) is 97.7 cm³/mol. The van der Waals surface area contributed by atoms with E-state index in [2.05, 4.69) is 0 Å². The van der Waals surface area contributed by atoms with Gasteiger partial charge in [-0.05, 0) is 63.0 Å². The number of benzene rings is 2. The van der Waals surface area contributed by atoms with Crippen molar-refractivity contribution >= 4 is 12.6 Å². The van der Waals surface area contributed by atoms with Crippen LogP contribution in [-0.4, -0.2) is 24.9 Å². The Balaban J connectivity index is 1.63. The standard InChI is InChI=1S/C20H23BF2O3/c1-19(2)20(3,4)26-21(25-19)15-8-9-18(17(23)13-15)24-11-10-14-6-5-7-16(22)12-14/h5-9,12-13H,10-11H2,1-4H3. The van der Waals surface area contributed by atoms with Crippen LogP contribution in [0.5, 0.6) is 5.75 Å². The third-order valence-electron chi connectivity index (χ3n) is 5.02. The molecule has 0 aromatic heterocycles. The Bertz CT molecular complexity index is 776. The summed E-state index contributed by atoms with van der Waals surface area (Å²) in [6, 6.07) is 11.0. The van der Waals surface area contributed by atoms with Crippen LogP contribution in [0.2, 0.25) is 0 Å². The van der Waals surface area contributed by atoms with E-state index in [0.29, 0.717) is 11.9 Å². The molecule has 1 heterocycles. The maximum Gasteiger partial charge on any atom is 0.494 e. The monoisotopic (exact) mass is 360 g/mol. The lowest BCUT2D eigenvalue weighted by atomic mass is 9.79. The highest BCUT2D eigenvalue weighted by atomic mass is 19.1. The summed E-state index contributed by atoms with van der Waals surface area (Å²) in [6.07, 6.45) is 0.496. The Morgan fingerprint density at radius 1 is 0.962 bits per heavy atom. The molecule has 0 spiro atoms. The van der Waals surface area contributed by atoms with E-state index in [9.17, 15) is 8.78 Å². The fourth-order valence-corrected chi connectivity index (χ4v) is 2.73. The van der Waals surface area contributed by atoms with Gasteiger partial charge in [-0.25, -0.2) is 8.78 Å². The number of halogens is 2. The molecule has 0 saturated carbocycles. The van der Waals surface area contributed by atoms with Gasteiger partial charge in [0.25, 0.3) is 0 Å². The van der Waals surface area contributed by atoms with E-state index in [4.69, 9.17) is 14.0 Å². The molecule has 0 unspecified atom stereocenters. The van der Waals surface area contributed by atoms with Gasteiger partial charge in [0.2, 0.25) is 0 Å². The van der Waals surface area contributed by atoms with Crippen LogP contribution in [0.25, 0.3) is 0 Å². The van der Waals surface area contributed by atoms with E-state index in [1.54, 1.807) is 18.2 Å². The number of ether oxygens (including phenoxy) is 1. The smallest absolute Gasteiger partial charge is 0.490 e. The summed E-state index contributed by atoms with van der Waals surface area (Å²) in [6.45, 7) is 8.07. The fraction of sp³-hybridized carbons (Fsp3) is 0.400. The van der Waals surface area contributed by atoms with Crippen LogP contribution in [-0.2, 0) is 15.7 Å². The summed E-state index contributed by atoms with van der Waals surface area (Å²) in [5.74, 6) is -0.612. The largest absolute Gasteiger partial charge is 0.494 e. The minimum absolute atomic E-state index is 0.154. The van der Waals surface area contributed by atoms with Crippen molar-refractivity contribution in [2.24, 2.45) is 0 Å². The highest BCUT2D eigenvalue weighted by Crippen LogP contribution is 2.36. The molecule has 6 heteroatoms.